The highest BCUT2D eigenvalue weighted by molar-refractivity contribution is 7.22. The third kappa shape index (κ3) is 5.52. The van der Waals surface area contributed by atoms with Gasteiger partial charge in [-0.25, -0.2) is 5.43 Å². The van der Waals surface area contributed by atoms with E-state index in [1.54, 1.807) is 0 Å². The minimum Gasteiger partial charge on any atom is -0.462 e. The molecular weight excluding hydrogens is 267 g/mol. The fraction of sp³-hybridized carbons (Fsp3) is 0.500. The maximum absolute atomic E-state index is 5.93. The average Bonchev–Trinajstić information content (AvgIpc) is 2.38. The van der Waals surface area contributed by atoms with Crippen LogP contribution in [0.5, 0.6) is 0 Å². The lowest BCUT2D eigenvalue weighted by Gasteiger charge is -2.18. The molecule has 0 saturated heterocycles. The summed E-state index contributed by atoms with van der Waals surface area (Å²) >= 11 is 0. The van der Waals surface area contributed by atoms with E-state index in [1.165, 1.54) is 0 Å². The van der Waals surface area contributed by atoms with Gasteiger partial charge in [0.25, 0.3) is 0 Å². The van der Waals surface area contributed by atoms with Crippen LogP contribution in [-0.2, 0) is 4.74 Å². The van der Waals surface area contributed by atoms with Crippen LogP contribution in [0.15, 0.2) is 46.3 Å². The summed E-state index contributed by atoms with van der Waals surface area (Å²) in [6.07, 6.45) is 7.47. The summed E-state index contributed by atoms with van der Waals surface area (Å²) in [5.41, 5.74) is 8.71. The van der Waals surface area contributed by atoms with Crippen molar-refractivity contribution in [2.24, 2.45) is 5.92 Å². The van der Waals surface area contributed by atoms with Crippen LogP contribution in [-0.4, -0.2) is 6.54 Å². The predicted molar refractivity (Wildman–Crippen MR) is 89.7 cm³/mol. The Labute approximate surface area is 125 Å². The number of hydrogen-bond acceptors (Lipinski definition) is 3. The molecule has 0 fully saturated rings. The van der Waals surface area contributed by atoms with Gasteiger partial charge in [0.15, 0.2) is 0 Å². The molecule has 0 aromatic rings. The maximum Gasteiger partial charge on any atom is 0.123 e. The van der Waals surface area contributed by atoms with Crippen LogP contribution in [0.1, 0.15) is 41.0 Å². The quantitative estimate of drug-likeness (QED) is 0.457. The molecule has 0 amide bonds. The molecule has 3 nitrogen and oxygen atoms in total. The first-order valence-electron chi connectivity index (χ1n) is 7.14. The molecule has 0 aromatic heterocycles. The molecule has 2 unspecified atom stereocenters. The zero-order valence-corrected chi connectivity index (χ0v) is 14.4. The molecule has 112 valence electrons. The van der Waals surface area contributed by atoms with Gasteiger partial charge in [-0.2, -0.15) is 0 Å². The normalized spacial score (nSPS) is 23.5. The van der Waals surface area contributed by atoms with Crippen molar-refractivity contribution in [3.63, 3.8) is 0 Å². The molecule has 0 spiro atoms. The average molecular weight is 294 g/mol. The Bertz CT molecular complexity index is 457. The molecule has 0 aromatic carbocycles. The zero-order valence-electron chi connectivity index (χ0n) is 13.2. The van der Waals surface area contributed by atoms with E-state index in [-0.39, 0.29) is 0 Å². The van der Waals surface area contributed by atoms with Crippen molar-refractivity contribution < 1.29 is 4.74 Å². The topological polar surface area (TPSA) is 33.3 Å². The Morgan fingerprint density at radius 1 is 1.45 bits per heavy atom. The van der Waals surface area contributed by atoms with Crippen LogP contribution in [0, 0.1) is 5.92 Å². The Morgan fingerprint density at radius 3 is 2.75 bits per heavy atom. The summed E-state index contributed by atoms with van der Waals surface area (Å²) in [4.78, 5) is 0. The third-order valence-corrected chi connectivity index (χ3v) is 3.56. The summed E-state index contributed by atoms with van der Waals surface area (Å²) in [6.45, 7) is 11.3. The van der Waals surface area contributed by atoms with Crippen molar-refractivity contribution >= 4 is 9.24 Å². The van der Waals surface area contributed by atoms with E-state index >= 15 is 0 Å². The first kappa shape index (κ1) is 17.0. The molecule has 4 heteroatoms. The molecule has 1 aliphatic carbocycles. The van der Waals surface area contributed by atoms with Crippen molar-refractivity contribution in [3.8, 4) is 0 Å². The lowest BCUT2D eigenvalue weighted by molar-refractivity contribution is 0.317. The van der Waals surface area contributed by atoms with Gasteiger partial charge in [-0.3, -0.25) is 0 Å². The number of nitrogens with one attached hydrogen (secondary N) is 2. The number of allylic oxidation sites excluding steroid dienone is 6. The van der Waals surface area contributed by atoms with Crippen LogP contribution in [0.3, 0.4) is 0 Å². The van der Waals surface area contributed by atoms with Gasteiger partial charge < -0.3 is 10.2 Å². The van der Waals surface area contributed by atoms with Gasteiger partial charge in [0.05, 0.1) is 0 Å². The van der Waals surface area contributed by atoms with Gasteiger partial charge in [0.1, 0.15) is 11.5 Å². The second-order valence-electron chi connectivity index (χ2n) is 5.22. The van der Waals surface area contributed by atoms with Crippen molar-refractivity contribution in [1.29, 1.82) is 0 Å². The minimum absolute atomic E-state index is 0.472. The molecular formula is C16H27N2OP. The largest absolute Gasteiger partial charge is 0.462 e. The van der Waals surface area contributed by atoms with E-state index < -0.39 is 0 Å². The van der Waals surface area contributed by atoms with E-state index in [0.29, 0.717) is 5.92 Å². The summed E-state index contributed by atoms with van der Waals surface area (Å²) < 4.78 is 5.93. The molecule has 0 saturated carbocycles. The molecule has 0 heterocycles. The first-order chi connectivity index (χ1) is 9.43. The number of rotatable bonds is 5. The van der Waals surface area contributed by atoms with E-state index in [2.05, 4.69) is 59.1 Å². The highest BCUT2D eigenvalue weighted by Crippen LogP contribution is 2.23. The summed E-state index contributed by atoms with van der Waals surface area (Å²) in [5, 5.41) is 1.12. The second-order valence-corrected chi connectivity index (χ2v) is 6.09. The van der Waals surface area contributed by atoms with Gasteiger partial charge >= 0.3 is 0 Å². The van der Waals surface area contributed by atoms with Crippen LogP contribution < -0.4 is 10.9 Å². The minimum atomic E-state index is 0.472. The van der Waals surface area contributed by atoms with E-state index in [1.807, 2.05) is 13.8 Å². The standard InChI is InChI=1S/C16H27N2OP/c1-6-17-18-16-9-11(2)7-8-15(10-12(16)3)19-13(4)14(5)20/h8-11,17-18H,6-7,20H2,1-5H3/b12-10?,14-13-,15-8-,16-9?. The SMILES string of the molecule is CCNNC1=CC(C)C/C=C(\O/C(C)=C(/C)P)C=C1C. The predicted octanol–water partition coefficient (Wildman–Crippen LogP) is 4.00. The van der Waals surface area contributed by atoms with Gasteiger partial charge in [-0.15, -0.1) is 9.24 Å². The van der Waals surface area contributed by atoms with Gasteiger partial charge in [0, 0.05) is 12.2 Å². The van der Waals surface area contributed by atoms with E-state index in [4.69, 9.17) is 4.74 Å². The molecule has 1 aliphatic rings. The monoisotopic (exact) mass is 294 g/mol. The Hall–Kier alpha value is -1.05. The van der Waals surface area contributed by atoms with E-state index in [0.717, 1.165) is 41.1 Å². The smallest absolute Gasteiger partial charge is 0.123 e. The number of hydrogen-bond donors (Lipinski definition) is 2. The van der Waals surface area contributed by atoms with E-state index in [9.17, 15) is 0 Å². The molecule has 20 heavy (non-hydrogen) atoms. The Balaban J connectivity index is 2.95. The van der Waals surface area contributed by atoms with Gasteiger partial charge in [0.2, 0.25) is 0 Å². The molecule has 2 atom stereocenters. The number of ether oxygens (including phenoxy) is 1. The van der Waals surface area contributed by atoms with Crippen LogP contribution in [0.4, 0.5) is 0 Å². The van der Waals surface area contributed by atoms with Crippen LogP contribution in [0.25, 0.3) is 0 Å². The Kier molecular flexibility index (Phi) is 7.04. The highest BCUT2D eigenvalue weighted by atomic mass is 31.0. The zero-order chi connectivity index (χ0) is 15.1. The van der Waals surface area contributed by atoms with Crippen LogP contribution in [0.2, 0.25) is 0 Å². The summed E-state index contributed by atoms with van der Waals surface area (Å²) in [7, 11) is 2.68. The summed E-state index contributed by atoms with van der Waals surface area (Å²) in [5.74, 6) is 2.32. The van der Waals surface area contributed by atoms with Gasteiger partial charge in [-0.1, -0.05) is 19.9 Å². The third-order valence-electron chi connectivity index (χ3n) is 3.15. The second kappa shape index (κ2) is 8.28. The lowest BCUT2D eigenvalue weighted by atomic mass is 10.0. The van der Waals surface area contributed by atoms with Gasteiger partial charge in [-0.05, 0) is 56.1 Å². The molecule has 0 radical (unpaired) electrons. The van der Waals surface area contributed by atoms with Crippen molar-refractivity contribution in [1.82, 2.24) is 10.9 Å². The molecule has 0 aliphatic heterocycles. The van der Waals surface area contributed by atoms with Crippen LogP contribution >= 0.6 is 9.24 Å². The lowest BCUT2D eigenvalue weighted by Crippen LogP contribution is -2.31. The highest BCUT2D eigenvalue weighted by Gasteiger charge is 2.09. The van der Waals surface area contributed by atoms with Crippen molar-refractivity contribution in [3.05, 3.63) is 46.3 Å². The maximum atomic E-state index is 5.93. The van der Waals surface area contributed by atoms with Crippen molar-refractivity contribution in [2.45, 2.75) is 41.0 Å². The van der Waals surface area contributed by atoms with Crippen molar-refractivity contribution in [2.75, 3.05) is 6.54 Å². The fourth-order valence-electron chi connectivity index (χ4n) is 1.79. The summed E-state index contributed by atoms with van der Waals surface area (Å²) in [6, 6.07) is 0. The first-order valence-corrected chi connectivity index (χ1v) is 7.72. The fourth-order valence-corrected chi connectivity index (χ4v) is 1.85. The molecule has 2 N–H and O–H groups in total. The number of hydrazine groups is 1. The molecule has 1 rings (SSSR count). The Morgan fingerprint density at radius 2 is 2.15 bits per heavy atom. The molecule has 0 bridgehead atoms.